The summed E-state index contributed by atoms with van der Waals surface area (Å²) >= 11 is 0. The highest BCUT2D eigenvalue weighted by Gasteiger charge is 2.23. The molecule has 0 aromatic heterocycles. The van der Waals surface area contributed by atoms with E-state index >= 15 is 0 Å². The van der Waals surface area contributed by atoms with Gasteiger partial charge < -0.3 is 0 Å². The second-order valence-corrected chi connectivity index (χ2v) is 16.2. The van der Waals surface area contributed by atoms with Crippen molar-refractivity contribution in [1.82, 2.24) is 0 Å². The van der Waals surface area contributed by atoms with Crippen molar-refractivity contribution in [2.24, 2.45) is 0 Å². The first-order valence-corrected chi connectivity index (χ1v) is 12.9. The van der Waals surface area contributed by atoms with Gasteiger partial charge in [0.05, 0.1) is 16.1 Å². The van der Waals surface area contributed by atoms with Gasteiger partial charge in [0.15, 0.2) is 0 Å². The van der Waals surface area contributed by atoms with Crippen LogP contribution in [0.3, 0.4) is 0 Å². The van der Waals surface area contributed by atoms with Gasteiger partial charge in [0, 0.05) is 0 Å². The summed E-state index contributed by atoms with van der Waals surface area (Å²) in [6.07, 6.45) is 0. The molecule has 1 aromatic carbocycles. The third-order valence-corrected chi connectivity index (χ3v) is 11.5. The maximum Gasteiger partial charge on any atom is 0.0803 e. The van der Waals surface area contributed by atoms with Crippen LogP contribution in [0.1, 0.15) is 13.8 Å². The normalized spacial score (nSPS) is 12.9. The summed E-state index contributed by atoms with van der Waals surface area (Å²) in [7, 11) is -2.26. The van der Waals surface area contributed by atoms with E-state index in [1.807, 2.05) is 0 Å². The summed E-state index contributed by atoms with van der Waals surface area (Å²) in [4.78, 5) is 0. The fraction of sp³-hybridized carbons (Fsp3) is 0.571. The molecule has 0 aliphatic heterocycles. The lowest BCUT2D eigenvalue weighted by Crippen LogP contribution is -2.44. The second kappa shape index (κ2) is 4.88. The minimum atomic E-state index is -1.13. The molecular formula is C14H26Si2. The summed E-state index contributed by atoms with van der Waals surface area (Å²) in [5.41, 5.74) is 0. The van der Waals surface area contributed by atoms with Gasteiger partial charge in [-0.15, -0.1) is 0 Å². The Bertz CT molecular complexity index is 301. The molecule has 0 heterocycles. The monoisotopic (exact) mass is 250 g/mol. The molecule has 0 atom stereocenters. The van der Waals surface area contributed by atoms with E-state index in [-0.39, 0.29) is 0 Å². The highest BCUT2D eigenvalue weighted by molar-refractivity contribution is 6.91. The molecule has 16 heavy (non-hydrogen) atoms. The minimum Gasteiger partial charge on any atom is -0.0675 e. The molecule has 0 fully saturated rings. The van der Waals surface area contributed by atoms with Crippen LogP contribution in [0, 0.1) is 0 Å². The number of benzene rings is 1. The Balaban J connectivity index is 3.00. The Kier molecular flexibility index (Phi) is 4.19. The van der Waals surface area contributed by atoms with Gasteiger partial charge in [0.25, 0.3) is 0 Å². The van der Waals surface area contributed by atoms with E-state index in [9.17, 15) is 0 Å². The first kappa shape index (κ1) is 13.7. The zero-order valence-electron chi connectivity index (χ0n) is 11.7. The van der Waals surface area contributed by atoms with Gasteiger partial charge in [-0.05, 0) is 0 Å². The molecule has 0 nitrogen and oxygen atoms in total. The maximum absolute atomic E-state index is 2.46. The molecule has 1 aromatic rings. The number of rotatable bonds is 4. The van der Waals surface area contributed by atoms with Gasteiger partial charge >= 0.3 is 0 Å². The summed E-state index contributed by atoms with van der Waals surface area (Å²) in [5, 5.41) is 3.22. The van der Waals surface area contributed by atoms with Gasteiger partial charge in [-0.1, -0.05) is 86.8 Å². The maximum atomic E-state index is 2.46. The number of hydrogen-bond acceptors (Lipinski definition) is 0. The van der Waals surface area contributed by atoms with Crippen LogP contribution < -0.4 is 10.4 Å². The van der Waals surface area contributed by atoms with Crippen molar-refractivity contribution in [2.45, 2.75) is 52.1 Å². The third kappa shape index (κ3) is 2.86. The van der Waals surface area contributed by atoms with E-state index in [1.165, 1.54) is 12.1 Å². The molecule has 0 N–H and O–H groups in total. The van der Waals surface area contributed by atoms with E-state index in [1.54, 1.807) is 10.4 Å². The Labute approximate surface area is 103 Å². The Hall–Kier alpha value is -0.346. The van der Waals surface area contributed by atoms with Crippen LogP contribution in [0.15, 0.2) is 24.3 Å². The topological polar surface area (TPSA) is 0 Å². The first-order chi connectivity index (χ1) is 7.33. The van der Waals surface area contributed by atoms with Crippen molar-refractivity contribution in [3.63, 3.8) is 0 Å². The lowest BCUT2D eigenvalue weighted by atomic mass is 10.4. The van der Waals surface area contributed by atoms with E-state index in [4.69, 9.17) is 0 Å². The van der Waals surface area contributed by atoms with Gasteiger partial charge in [0.1, 0.15) is 0 Å². The quantitative estimate of drug-likeness (QED) is 0.717. The molecule has 2 heteroatoms. The molecule has 1 rings (SSSR count). The predicted octanol–water partition coefficient (Wildman–Crippen LogP) is 3.56. The predicted molar refractivity (Wildman–Crippen MR) is 81.6 cm³/mol. The first-order valence-electron chi connectivity index (χ1n) is 6.44. The zero-order chi connectivity index (χ0) is 12.4. The Morgan fingerprint density at radius 2 is 0.938 bits per heavy atom. The summed E-state index contributed by atoms with van der Waals surface area (Å²) in [6, 6.07) is 12.3. The van der Waals surface area contributed by atoms with Crippen molar-refractivity contribution < 1.29 is 0 Å². The van der Waals surface area contributed by atoms with E-state index in [0.29, 0.717) is 0 Å². The molecule has 0 spiro atoms. The van der Waals surface area contributed by atoms with E-state index < -0.39 is 16.1 Å². The SMILES string of the molecule is CC[Si](C)(C)c1ccc([Si](C)(C)CC)cc1. The molecular weight excluding hydrogens is 224 g/mol. The molecule has 0 amide bonds. The lowest BCUT2D eigenvalue weighted by molar-refractivity contribution is 1.37. The van der Waals surface area contributed by atoms with Crippen molar-refractivity contribution in [2.75, 3.05) is 0 Å². The molecule has 0 aliphatic rings. The number of hydrogen-bond donors (Lipinski definition) is 0. The smallest absolute Gasteiger partial charge is 0.0675 e. The van der Waals surface area contributed by atoms with Crippen molar-refractivity contribution in [1.29, 1.82) is 0 Å². The largest absolute Gasteiger partial charge is 0.0803 e. The highest BCUT2D eigenvalue weighted by Crippen LogP contribution is 2.11. The van der Waals surface area contributed by atoms with E-state index in [2.05, 4.69) is 64.3 Å². The average Bonchev–Trinajstić information content (AvgIpc) is 2.29. The summed E-state index contributed by atoms with van der Waals surface area (Å²) in [5.74, 6) is 0. The van der Waals surface area contributed by atoms with Gasteiger partial charge in [-0.3, -0.25) is 0 Å². The zero-order valence-corrected chi connectivity index (χ0v) is 13.7. The molecule has 0 unspecified atom stereocenters. The molecule has 0 bridgehead atoms. The van der Waals surface area contributed by atoms with Crippen LogP contribution >= 0.6 is 0 Å². The molecule has 0 aliphatic carbocycles. The summed E-state index contributed by atoms with van der Waals surface area (Å²) in [6.45, 7) is 14.5. The standard InChI is InChI=1S/C14H26Si2/c1-7-15(3,4)13-9-11-14(12-10-13)16(5,6)8-2/h9-12H,7-8H2,1-6H3. The molecule has 0 radical (unpaired) electrons. The van der Waals surface area contributed by atoms with Crippen molar-refractivity contribution in [3.05, 3.63) is 24.3 Å². The lowest BCUT2D eigenvalue weighted by Gasteiger charge is -2.24. The van der Waals surface area contributed by atoms with Crippen LogP contribution in [0.2, 0.25) is 38.3 Å². The van der Waals surface area contributed by atoms with Crippen molar-refractivity contribution >= 4 is 26.5 Å². The fourth-order valence-corrected chi connectivity index (χ4v) is 4.74. The van der Waals surface area contributed by atoms with Crippen LogP contribution in [-0.2, 0) is 0 Å². The van der Waals surface area contributed by atoms with Gasteiger partial charge in [-0.25, -0.2) is 0 Å². The van der Waals surface area contributed by atoms with Crippen LogP contribution in [-0.4, -0.2) is 16.1 Å². The van der Waals surface area contributed by atoms with Crippen LogP contribution in [0.25, 0.3) is 0 Å². The molecule has 0 saturated carbocycles. The molecule has 0 saturated heterocycles. The average molecular weight is 251 g/mol. The van der Waals surface area contributed by atoms with Crippen molar-refractivity contribution in [3.8, 4) is 0 Å². The van der Waals surface area contributed by atoms with Gasteiger partial charge in [0.2, 0.25) is 0 Å². The highest BCUT2D eigenvalue weighted by atomic mass is 28.3. The Morgan fingerprint density at radius 1 is 0.688 bits per heavy atom. The minimum absolute atomic E-state index is 1.13. The van der Waals surface area contributed by atoms with Crippen LogP contribution in [0.4, 0.5) is 0 Å². The third-order valence-electron chi connectivity index (χ3n) is 4.22. The van der Waals surface area contributed by atoms with Gasteiger partial charge in [-0.2, -0.15) is 0 Å². The molecule has 90 valence electrons. The summed E-state index contributed by atoms with van der Waals surface area (Å²) < 4.78 is 0. The van der Waals surface area contributed by atoms with E-state index in [0.717, 1.165) is 0 Å². The fourth-order valence-electron chi connectivity index (χ4n) is 1.78. The Morgan fingerprint density at radius 3 is 1.12 bits per heavy atom. The van der Waals surface area contributed by atoms with Crippen LogP contribution in [0.5, 0.6) is 0 Å². The second-order valence-electron chi connectivity index (χ2n) is 6.05.